The number of rotatable bonds is 5. The third-order valence-corrected chi connectivity index (χ3v) is 4.08. The van der Waals surface area contributed by atoms with Gasteiger partial charge in [-0.3, -0.25) is 4.79 Å². The summed E-state index contributed by atoms with van der Waals surface area (Å²) in [5.74, 6) is 0.714. The molecule has 0 bridgehead atoms. The minimum Gasteiger partial charge on any atom is -0.497 e. The van der Waals surface area contributed by atoms with E-state index in [2.05, 4.69) is 24.4 Å². The fourth-order valence-corrected chi connectivity index (χ4v) is 3.05. The normalized spacial score (nSPS) is 21.1. The molecule has 1 unspecified atom stereocenters. The van der Waals surface area contributed by atoms with Gasteiger partial charge in [-0.05, 0) is 49.1 Å². The molecule has 0 saturated heterocycles. The van der Waals surface area contributed by atoms with Crippen LogP contribution >= 0.6 is 0 Å². The molecule has 0 fully saturated rings. The number of fused-ring (bicyclic) bond motifs is 1. The van der Waals surface area contributed by atoms with Crippen molar-refractivity contribution in [1.82, 2.24) is 5.32 Å². The van der Waals surface area contributed by atoms with E-state index >= 15 is 0 Å². The molecule has 0 aliphatic heterocycles. The lowest BCUT2D eigenvalue weighted by molar-refractivity contribution is -0.142. The number of aryl methyl sites for hydroxylation is 1. The summed E-state index contributed by atoms with van der Waals surface area (Å²) in [6.45, 7) is 2.91. The number of nitrogens with one attached hydrogen (secondary N) is 1. The van der Waals surface area contributed by atoms with E-state index in [1.807, 2.05) is 6.07 Å². The Labute approximate surface area is 120 Å². The van der Waals surface area contributed by atoms with Crippen LogP contribution in [0.15, 0.2) is 18.2 Å². The number of carbonyl (C=O) groups excluding carboxylic acids is 1. The molecule has 0 heterocycles. The van der Waals surface area contributed by atoms with Gasteiger partial charge in [0.25, 0.3) is 0 Å². The highest BCUT2D eigenvalue weighted by Crippen LogP contribution is 2.33. The Morgan fingerprint density at radius 3 is 2.80 bits per heavy atom. The van der Waals surface area contributed by atoms with Crippen molar-refractivity contribution >= 4 is 5.97 Å². The van der Waals surface area contributed by atoms with Crippen LogP contribution in [0.25, 0.3) is 0 Å². The van der Waals surface area contributed by atoms with Gasteiger partial charge < -0.3 is 14.8 Å². The molecule has 0 spiro atoms. The lowest BCUT2D eigenvalue weighted by Crippen LogP contribution is -2.51. The Hall–Kier alpha value is -1.55. The molecule has 0 aromatic heterocycles. The maximum atomic E-state index is 11.7. The Balaban J connectivity index is 2.25. The first kappa shape index (κ1) is 14.9. The maximum Gasteiger partial charge on any atom is 0.307 e. The van der Waals surface area contributed by atoms with Crippen molar-refractivity contribution in [3.05, 3.63) is 29.3 Å². The number of esters is 1. The first-order valence-corrected chi connectivity index (χ1v) is 7.10. The van der Waals surface area contributed by atoms with E-state index < -0.39 is 0 Å². The number of hydrogen-bond donors (Lipinski definition) is 1. The van der Waals surface area contributed by atoms with E-state index in [-0.39, 0.29) is 11.5 Å². The molecule has 2 rings (SSSR count). The number of methoxy groups -OCH3 is 2. The van der Waals surface area contributed by atoms with E-state index in [4.69, 9.17) is 9.47 Å². The van der Waals surface area contributed by atoms with Gasteiger partial charge >= 0.3 is 5.97 Å². The third-order valence-electron chi connectivity index (χ3n) is 4.08. The van der Waals surface area contributed by atoms with Crippen LogP contribution < -0.4 is 10.1 Å². The van der Waals surface area contributed by atoms with Crippen LogP contribution in [0.2, 0.25) is 0 Å². The topological polar surface area (TPSA) is 47.6 Å². The third kappa shape index (κ3) is 3.12. The van der Waals surface area contributed by atoms with E-state index in [9.17, 15) is 4.79 Å². The summed E-state index contributed by atoms with van der Waals surface area (Å²) in [6, 6.07) is 6.21. The number of hydrogen-bond acceptors (Lipinski definition) is 4. The molecule has 110 valence electrons. The number of carbonyl (C=O) groups is 1. The quantitative estimate of drug-likeness (QED) is 0.837. The Morgan fingerprint density at radius 2 is 2.15 bits per heavy atom. The molecule has 1 aliphatic carbocycles. The first-order valence-electron chi connectivity index (χ1n) is 7.10. The predicted octanol–water partition coefficient (Wildman–Crippen LogP) is 2.10. The van der Waals surface area contributed by atoms with Gasteiger partial charge in [-0.15, -0.1) is 0 Å². The van der Waals surface area contributed by atoms with Crippen LogP contribution in [0, 0.1) is 0 Å². The lowest BCUT2D eigenvalue weighted by atomic mass is 9.76. The van der Waals surface area contributed by atoms with E-state index in [0.29, 0.717) is 6.42 Å². The number of likely N-dealkylation sites (N-methyl/N-ethyl adjacent to an activating group) is 1. The van der Waals surface area contributed by atoms with Gasteiger partial charge in [-0.2, -0.15) is 0 Å². The zero-order valence-electron chi connectivity index (χ0n) is 12.5. The van der Waals surface area contributed by atoms with Crippen molar-refractivity contribution in [1.29, 1.82) is 0 Å². The molecular weight excluding hydrogens is 254 g/mol. The number of benzene rings is 1. The van der Waals surface area contributed by atoms with Crippen molar-refractivity contribution in [3.63, 3.8) is 0 Å². The smallest absolute Gasteiger partial charge is 0.307 e. The summed E-state index contributed by atoms with van der Waals surface area (Å²) in [4.78, 5) is 11.7. The van der Waals surface area contributed by atoms with Crippen molar-refractivity contribution in [2.75, 3.05) is 20.8 Å². The van der Waals surface area contributed by atoms with Crippen LogP contribution in [0.1, 0.15) is 30.9 Å². The summed E-state index contributed by atoms with van der Waals surface area (Å²) in [5.41, 5.74) is 2.42. The first-order chi connectivity index (χ1) is 9.62. The number of ether oxygens (including phenoxy) is 2. The zero-order valence-corrected chi connectivity index (χ0v) is 12.5. The van der Waals surface area contributed by atoms with Crippen LogP contribution in [0.5, 0.6) is 5.75 Å². The predicted molar refractivity (Wildman–Crippen MR) is 78.1 cm³/mol. The van der Waals surface area contributed by atoms with Gasteiger partial charge in [0.15, 0.2) is 0 Å². The molecule has 0 amide bonds. The summed E-state index contributed by atoms with van der Waals surface area (Å²) >= 11 is 0. The van der Waals surface area contributed by atoms with Crippen LogP contribution in [-0.2, 0) is 22.4 Å². The van der Waals surface area contributed by atoms with Gasteiger partial charge in [0.1, 0.15) is 5.75 Å². The van der Waals surface area contributed by atoms with Crippen LogP contribution in [-0.4, -0.2) is 32.3 Å². The van der Waals surface area contributed by atoms with Crippen molar-refractivity contribution in [2.24, 2.45) is 0 Å². The van der Waals surface area contributed by atoms with Crippen LogP contribution in [0.3, 0.4) is 0 Å². The van der Waals surface area contributed by atoms with Gasteiger partial charge in [-0.25, -0.2) is 0 Å². The Morgan fingerprint density at radius 1 is 1.35 bits per heavy atom. The van der Waals surface area contributed by atoms with Gasteiger partial charge in [0.2, 0.25) is 0 Å². The average Bonchev–Trinajstić information content (AvgIpc) is 2.46. The van der Waals surface area contributed by atoms with Gasteiger partial charge in [0, 0.05) is 5.54 Å². The molecule has 4 nitrogen and oxygen atoms in total. The molecule has 1 aromatic carbocycles. The molecule has 4 heteroatoms. The molecule has 0 saturated carbocycles. The van der Waals surface area contributed by atoms with Crippen molar-refractivity contribution in [2.45, 2.75) is 38.1 Å². The highest BCUT2D eigenvalue weighted by Gasteiger charge is 2.36. The highest BCUT2D eigenvalue weighted by molar-refractivity contribution is 5.71. The standard InChI is InChI=1S/C16H23NO3/c1-4-17-16(11-15(18)20-3)8-7-12-5-6-14(19-2)9-13(12)10-16/h5-6,9,17H,4,7-8,10-11H2,1-3H3. The SMILES string of the molecule is CCNC1(CC(=O)OC)CCc2ccc(OC)cc2C1. The largest absolute Gasteiger partial charge is 0.497 e. The molecule has 0 radical (unpaired) electrons. The summed E-state index contributed by atoms with van der Waals surface area (Å²) < 4.78 is 10.2. The summed E-state index contributed by atoms with van der Waals surface area (Å²) in [5, 5.41) is 3.50. The van der Waals surface area contributed by atoms with Crippen LogP contribution in [0.4, 0.5) is 0 Å². The maximum absolute atomic E-state index is 11.7. The molecule has 1 aromatic rings. The zero-order chi connectivity index (χ0) is 14.6. The second kappa shape index (κ2) is 6.27. The lowest BCUT2D eigenvalue weighted by Gasteiger charge is -2.38. The van der Waals surface area contributed by atoms with Crippen molar-refractivity contribution in [3.8, 4) is 5.75 Å². The highest BCUT2D eigenvalue weighted by atomic mass is 16.5. The fourth-order valence-electron chi connectivity index (χ4n) is 3.05. The van der Waals surface area contributed by atoms with Gasteiger partial charge in [-0.1, -0.05) is 13.0 Å². The van der Waals surface area contributed by atoms with Gasteiger partial charge in [0.05, 0.1) is 20.6 Å². The molecule has 1 atom stereocenters. The summed E-state index contributed by atoms with van der Waals surface area (Å²) in [7, 11) is 3.12. The minimum atomic E-state index is -0.193. The van der Waals surface area contributed by atoms with Crippen molar-refractivity contribution < 1.29 is 14.3 Å². The van der Waals surface area contributed by atoms with E-state index in [1.54, 1.807) is 7.11 Å². The summed E-state index contributed by atoms with van der Waals surface area (Å²) in [6.07, 6.45) is 3.18. The monoisotopic (exact) mass is 277 g/mol. The Kier molecular flexibility index (Phi) is 4.65. The van der Waals surface area contributed by atoms with E-state index in [0.717, 1.165) is 31.6 Å². The molecule has 20 heavy (non-hydrogen) atoms. The van der Waals surface area contributed by atoms with E-state index in [1.165, 1.54) is 18.2 Å². The molecular formula is C16H23NO3. The second-order valence-electron chi connectivity index (χ2n) is 5.37. The average molecular weight is 277 g/mol. The minimum absolute atomic E-state index is 0.155. The second-order valence-corrected chi connectivity index (χ2v) is 5.37. The molecule has 1 aliphatic rings. The molecule has 1 N–H and O–H groups in total. The fraction of sp³-hybridized carbons (Fsp3) is 0.562. The Bertz CT molecular complexity index is 487.